The van der Waals surface area contributed by atoms with Gasteiger partial charge in [-0.15, -0.1) is 0 Å². The van der Waals surface area contributed by atoms with Crippen molar-refractivity contribution in [1.29, 1.82) is 0 Å². The highest BCUT2D eigenvalue weighted by molar-refractivity contribution is 8.00. The minimum atomic E-state index is -1.37. The maximum atomic E-state index is 13.9. The lowest BCUT2D eigenvalue weighted by molar-refractivity contribution is 0.0350. The van der Waals surface area contributed by atoms with E-state index in [1.165, 1.54) is 23.9 Å². The van der Waals surface area contributed by atoms with Crippen molar-refractivity contribution in [3.05, 3.63) is 34.9 Å². The third-order valence-electron chi connectivity index (χ3n) is 3.24. The van der Waals surface area contributed by atoms with Crippen molar-refractivity contribution < 1.29 is 13.9 Å². The Balaban J connectivity index is 2.59. The highest BCUT2D eigenvalue weighted by Crippen LogP contribution is 2.45. The summed E-state index contributed by atoms with van der Waals surface area (Å²) in [4.78, 5) is 0. The second kappa shape index (κ2) is 4.00. The SMILES string of the molecule is Cc1ccc(F)c(C2(O)CCSC2C)c1F. The summed E-state index contributed by atoms with van der Waals surface area (Å²) in [6.45, 7) is 3.38. The first-order chi connectivity index (χ1) is 7.47. The van der Waals surface area contributed by atoms with Crippen LogP contribution in [0.3, 0.4) is 0 Å². The minimum absolute atomic E-state index is 0.162. The average molecular weight is 244 g/mol. The van der Waals surface area contributed by atoms with E-state index in [2.05, 4.69) is 0 Å². The van der Waals surface area contributed by atoms with Crippen LogP contribution in [0, 0.1) is 18.6 Å². The summed E-state index contributed by atoms with van der Waals surface area (Å²) in [5, 5.41) is 10.2. The molecule has 0 bridgehead atoms. The second-order valence-electron chi connectivity index (χ2n) is 4.24. The molecule has 2 atom stereocenters. The third-order valence-corrected chi connectivity index (χ3v) is 4.57. The van der Waals surface area contributed by atoms with Crippen molar-refractivity contribution >= 4 is 11.8 Å². The molecule has 0 radical (unpaired) electrons. The number of hydrogen-bond acceptors (Lipinski definition) is 2. The van der Waals surface area contributed by atoms with Gasteiger partial charge < -0.3 is 5.11 Å². The predicted octanol–water partition coefficient (Wildman–Crippen LogP) is 2.99. The summed E-state index contributed by atoms with van der Waals surface area (Å²) in [7, 11) is 0. The van der Waals surface area contributed by atoms with Crippen LogP contribution < -0.4 is 0 Å². The molecule has 16 heavy (non-hydrogen) atoms. The fourth-order valence-corrected chi connectivity index (χ4v) is 3.41. The van der Waals surface area contributed by atoms with Crippen molar-refractivity contribution in [2.75, 3.05) is 5.75 Å². The van der Waals surface area contributed by atoms with Crippen molar-refractivity contribution in [1.82, 2.24) is 0 Å². The molecule has 2 rings (SSSR count). The molecule has 1 aliphatic heterocycles. The molecule has 0 aromatic heterocycles. The molecule has 1 N–H and O–H groups in total. The Morgan fingerprint density at radius 1 is 1.44 bits per heavy atom. The monoisotopic (exact) mass is 244 g/mol. The first-order valence-electron chi connectivity index (χ1n) is 5.26. The van der Waals surface area contributed by atoms with Crippen LogP contribution in [0.25, 0.3) is 0 Å². The highest BCUT2D eigenvalue weighted by Gasteiger charge is 2.44. The molecule has 2 unspecified atom stereocenters. The summed E-state index contributed by atoms with van der Waals surface area (Å²) < 4.78 is 27.6. The Labute approximate surface area is 97.9 Å². The van der Waals surface area contributed by atoms with Gasteiger partial charge in [0.1, 0.15) is 17.2 Å². The van der Waals surface area contributed by atoms with Crippen LogP contribution >= 0.6 is 11.8 Å². The Morgan fingerprint density at radius 3 is 2.69 bits per heavy atom. The standard InChI is InChI=1S/C12H14F2OS/c1-7-3-4-9(13)10(11(7)14)12(15)5-6-16-8(12)2/h3-4,8,15H,5-6H2,1-2H3. The number of halogens is 2. The summed E-state index contributed by atoms with van der Waals surface area (Å²) in [5.41, 5.74) is -1.16. The van der Waals surface area contributed by atoms with E-state index in [0.717, 1.165) is 5.75 Å². The topological polar surface area (TPSA) is 20.2 Å². The van der Waals surface area contributed by atoms with E-state index in [1.54, 1.807) is 13.8 Å². The van der Waals surface area contributed by atoms with Gasteiger partial charge in [-0.3, -0.25) is 0 Å². The Hall–Kier alpha value is -0.610. The Bertz CT molecular complexity index is 422. The number of hydrogen-bond donors (Lipinski definition) is 1. The molecule has 1 heterocycles. The van der Waals surface area contributed by atoms with Crippen molar-refractivity contribution in [2.24, 2.45) is 0 Å². The van der Waals surface area contributed by atoms with Crippen LogP contribution in [-0.4, -0.2) is 16.1 Å². The van der Waals surface area contributed by atoms with Gasteiger partial charge in [0.05, 0.1) is 5.56 Å². The van der Waals surface area contributed by atoms with Crippen LogP contribution in [0.2, 0.25) is 0 Å². The molecule has 4 heteroatoms. The quantitative estimate of drug-likeness (QED) is 0.819. The van der Waals surface area contributed by atoms with E-state index in [9.17, 15) is 13.9 Å². The molecule has 0 amide bonds. The number of benzene rings is 1. The van der Waals surface area contributed by atoms with Gasteiger partial charge in [-0.05, 0) is 30.7 Å². The van der Waals surface area contributed by atoms with Gasteiger partial charge >= 0.3 is 0 Å². The fraction of sp³-hybridized carbons (Fsp3) is 0.500. The van der Waals surface area contributed by atoms with Gasteiger partial charge in [0.15, 0.2) is 0 Å². The molecular weight excluding hydrogens is 230 g/mol. The minimum Gasteiger partial charge on any atom is -0.384 e. The molecule has 1 aliphatic rings. The maximum absolute atomic E-state index is 13.9. The van der Waals surface area contributed by atoms with E-state index < -0.39 is 17.2 Å². The summed E-state index contributed by atoms with van der Waals surface area (Å²) in [6, 6.07) is 2.62. The largest absolute Gasteiger partial charge is 0.384 e. The van der Waals surface area contributed by atoms with Crippen LogP contribution in [0.15, 0.2) is 12.1 Å². The number of thioether (sulfide) groups is 1. The molecular formula is C12H14F2OS. The number of aliphatic hydroxyl groups is 1. The number of aryl methyl sites for hydroxylation is 1. The molecule has 0 aliphatic carbocycles. The highest BCUT2D eigenvalue weighted by atomic mass is 32.2. The lowest BCUT2D eigenvalue weighted by atomic mass is 9.86. The maximum Gasteiger partial charge on any atom is 0.135 e. The van der Waals surface area contributed by atoms with Crippen molar-refractivity contribution in [3.63, 3.8) is 0 Å². The van der Waals surface area contributed by atoms with Crippen molar-refractivity contribution in [3.8, 4) is 0 Å². The summed E-state index contributed by atoms with van der Waals surface area (Å²) in [6.07, 6.45) is 0.399. The third kappa shape index (κ3) is 1.64. The first kappa shape index (κ1) is 11.9. The van der Waals surface area contributed by atoms with Crippen molar-refractivity contribution in [2.45, 2.75) is 31.1 Å². The first-order valence-corrected chi connectivity index (χ1v) is 6.30. The van der Waals surface area contributed by atoms with Crippen LogP contribution in [0.1, 0.15) is 24.5 Å². The molecule has 1 aromatic carbocycles. The van der Waals surface area contributed by atoms with E-state index >= 15 is 0 Å². The summed E-state index contributed by atoms with van der Waals surface area (Å²) in [5.74, 6) is -0.540. The molecule has 1 aromatic rings. The van der Waals surface area contributed by atoms with E-state index in [4.69, 9.17) is 0 Å². The van der Waals surface area contributed by atoms with Crippen LogP contribution in [0.5, 0.6) is 0 Å². The zero-order chi connectivity index (χ0) is 11.9. The molecule has 1 nitrogen and oxygen atoms in total. The van der Waals surface area contributed by atoms with Gasteiger partial charge in [-0.2, -0.15) is 11.8 Å². The van der Waals surface area contributed by atoms with Gasteiger partial charge in [0.25, 0.3) is 0 Å². The number of rotatable bonds is 1. The Morgan fingerprint density at radius 2 is 2.12 bits per heavy atom. The lowest BCUT2D eigenvalue weighted by Crippen LogP contribution is -2.34. The Kier molecular flexibility index (Phi) is 2.97. The zero-order valence-electron chi connectivity index (χ0n) is 9.26. The zero-order valence-corrected chi connectivity index (χ0v) is 10.1. The van der Waals surface area contributed by atoms with E-state index in [0.29, 0.717) is 12.0 Å². The van der Waals surface area contributed by atoms with Crippen LogP contribution in [0.4, 0.5) is 8.78 Å². The van der Waals surface area contributed by atoms with Crippen LogP contribution in [-0.2, 0) is 5.60 Å². The van der Waals surface area contributed by atoms with Gasteiger partial charge in [0.2, 0.25) is 0 Å². The molecule has 0 spiro atoms. The van der Waals surface area contributed by atoms with E-state index in [-0.39, 0.29) is 10.8 Å². The fourth-order valence-electron chi connectivity index (χ4n) is 2.11. The molecule has 1 saturated heterocycles. The summed E-state index contributed by atoms with van der Waals surface area (Å²) >= 11 is 1.54. The second-order valence-corrected chi connectivity index (χ2v) is 5.69. The molecule has 0 saturated carbocycles. The predicted molar refractivity (Wildman–Crippen MR) is 61.5 cm³/mol. The average Bonchev–Trinajstić information content (AvgIpc) is 2.55. The lowest BCUT2D eigenvalue weighted by Gasteiger charge is -2.28. The van der Waals surface area contributed by atoms with Gasteiger partial charge in [0, 0.05) is 5.25 Å². The van der Waals surface area contributed by atoms with E-state index in [1.807, 2.05) is 0 Å². The van der Waals surface area contributed by atoms with Gasteiger partial charge in [-0.25, -0.2) is 8.78 Å². The van der Waals surface area contributed by atoms with Gasteiger partial charge in [-0.1, -0.05) is 13.0 Å². The molecule has 1 fully saturated rings. The smallest absolute Gasteiger partial charge is 0.135 e. The normalized spacial score (nSPS) is 29.7. The molecule has 88 valence electrons.